The number of benzene rings is 1. The van der Waals surface area contributed by atoms with Crippen LogP contribution in [-0.2, 0) is 0 Å². The maximum atomic E-state index is 13.0. The number of nitro groups is 1. The average Bonchev–Trinajstić information content (AvgIpc) is 2.43. The molecule has 6 nitrogen and oxygen atoms in total. The third kappa shape index (κ3) is 2.81. The Kier molecular flexibility index (Phi) is 3.77. The van der Waals surface area contributed by atoms with Crippen molar-refractivity contribution in [3.05, 3.63) is 57.0 Å². The van der Waals surface area contributed by atoms with Gasteiger partial charge in [0.2, 0.25) is 5.82 Å². The van der Waals surface area contributed by atoms with Crippen molar-refractivity contribution in [3.8, 4) is 6.07 Å². The lowest BCUT2D eigenvalue weighted by molar-refractivity contribution is -0.384. The van der Waals surface area contributed by atoms with Gasteiger partial charge in [0, 0.05) is 18.0 Å². The molecular weight excluding hydrogens is 287 g/mol. The van der Waals surface area contributed by atoms with Crippen LogP contribution in [0.2, 0.25) is 5.02 Å². The Morgan fingerprint density at radius 1 is 1.45 bits per heavy atom. The van der Waals surface area contributed by atoms with Gasteiger partial charge < -0.3 is 5.32 Å². The van der Waals surface area contributed by atoms with Crippen molar-refractivity contribution in [3.63, 3.8) is 0 Å². The van der Waals surface area contributed by atoms with Gasteiger partial charge in [0.15, 0.2) is 0 Å². The number of nitrogens with one attached hydrogen (secondary N) is 1. The summed E-state index contributed by atoms with van der Waals surface area (Å²) in [6, 6.07) is 6.63. The lowest BCUT2D eigenvalue weighted by Gasteiger charge is -2.06. The number of halogens is 2. The summed E-state index contributed by atoms with van der Waals surface area (Å²) in [5, 5.41) is 22.2. The fourth-order valence-electron chi connectivity index (χ4n) is 1.46. The summed E-state index contributed by atoms with van der Waals surface area (Å²) in [5.41, 5.74) is 0.0561. The van der Waals surface area contributed by atoms with Gasteiger partial charge in [-0.2, -0.15) is 5.26 Å². The number of rotatable bonds is 3. The number of aromatic nitrogens is 1. The van der Waals surface area contributed by atoms with Crippen LogP contribution in [0, 0.1) is 27.3 Å². The molecule has 0 saturated heterocycles. The number of hydrogen-bond donors (Lipinski definition) is 1. The quantitative estimate of drug-likeness (QED) is 0.691. The SMILES string of the molecule is N#Cc1cnc(Nc2ccc(F)c(Cl)c2)c([N+](=O)[O-])c1. The summed E-state index contributed by atoms with van der Waals surface area (Å²) < 4.78 is 13.0. The van der Waals surface area contributed by atoms with Crippen molar-refractivity contribution < 1.29 is 9.31 Å². The second-order valence-corrected chi connectivity index (χ2v) is 4.12. The van der Waals surface area contributed by atoms with Crippen LogP contribution >= 0.6 is 11.6 Å². The molecular formula is C12H6ClFN4O2. The molecule has 0 fully saturated rings. The van der Waals surface area contributed by atoms with E-state index in [2.05, 4.69) is 10.3 Å². The van der Waals surface area contributed by atoms with E-state index >= 15 is 0 Å². The summed E-state index contributed by atoms with van der Waals surface area (Å²) in [6.07, 6.45) is 1.19. The summed E-state index contributed by atoms with van der Waals surface area (Å²) >= 11 is 5.62. The Hall–Kier alpha value is -2.72. The molecule has 1 heterocycles. The Morgan fingerprint density at radius 2 is 2.20 bits per heavy atom. The monoisotopic (exact) mass is 292 g/mol. The van der Waals surface area contributed by atoms with Gasteiger partial charge in [-0.25, -0.2) is 9.37 Å². The van der Waals surface area contributed by atoms with Gasteiger partial charge >= 0.3 is 5.69 Å². The van der Waals surface area contributed by atoms with Crippen LogP contribution in [0.15, 0.2) is 30.5 Å². The highest BCUT2D eigenvalue weighted by molar-refractivity contribution is 6.31. The standard InChI is InChI=1S/C12H6ClFN4O2/c13-9-4-8(1-2-10(9)14)17-12-11(18(19)20)3-7(5-15)6-16-12/h1-4,6H,(H,16,17). The van der Waals surface area contributed by atoms with Crippen LogP contribution in [0.3, 0.4) is 0 Å². The average molecular weight is 293 g/mol. The first-order valence-corrected chi connectivity index (χ1v) is 5.65. The minimum atomic E-state index is -0.665. The number of hydrogen-bond acceptors (Lipinski definition) is 5. The molecule has 8 heteroatoms. The van der Waals surface area contributed by atoms with E-state index in [1.165, 1.54) is 18.3 Å². The van der Waals surface area contributed by atoms with Crippen LogP contribution < -0.4 is 5.32 Å². The van der Waals surface area contributed by atoms with E-state index in [4.69, 9.17) is 16.9 Å². The molecule has 1 aromatic heterocycles. The zero-order valence-corrected chi connectivity index (χ0v) is 10.6. The molecule has 2 aromatic rings. The zero-order valence-electron chi connectivity index (χ0n) is 9.80. The summed E-state index contributed by atoms with van der Waals surface area (Å²) in [4.78, 5) is 14.1. The first-order chi connectivity index (χ1) is 9.51. The highest BCUT2D eigenvalue weighted by Gasteiger charge is 2.17. The fraction of sp³-hybridized carbons (Fsp3) is 0. The molecule has 20 heavy (non-hydrogen) atoms. The van der Waals surface area contributed by atoms with Gasteiger partial charge in [-0.15, -0.1) is 0 Å². The van der Waals surface area contributed by atoms with E-state index in [0.717, 1.165) is 12.1 Å². The van der Waals surface area contributed by atoms with Crippen LogP contribution in [0.4, 0.5) is 21.6 Å². The van der Waals surface area contributed by atoms with Gasteiger partial charge in [0.05, 0.1) is 15.5 Å². The van der Waals surface area contributed by atoms with E-state index < -0.39 is 10.7 Å². The van der Waals surface area contributed by atoms with Crippen LogP contribution in [-0.4, -0.2) is 9.91 Å². The van der Waals surface area contributed by atoms with Crippen LogP contribution in [0.5, 0.6) is 0 Å². The molecule has 0 amide bonds. The van der Waals surface area contributed by atoms with E-state index in [1.54, 1.807) is 6.07 Å². The Balaban J connectivity index is 2.40. The lowest BCUT2D eigenvalue weighted by atomic mass is 10.2. The van der Waals surface area contributed by atoms with Crippen LogP contribution in [0.25, 0.3) is 0 Å². The van der Waals surface area contributed by atoms with Crippen molar-refractivity contribution in [1.29, 1.82) is 5.26 Å². The van der Waals surface area contributed by atoms with E-state index in [9.17, 15) is 14.5 Å². The minimum Gasteiger partial charge on any atom is -0.334 e. The molecule has 100 valence electrons. The first kappa shape index (κ1) is 13.7. The number of anilines is 2. The second-order valence-electron chi connectivity index (χ2n) is 3.71. The largest absolute Gasteiger partial charge is 0.334 e. The van der Waals surface area contributed by atoms with Crippen LogP contribution in [0.1, 0.15) is 5.56 Å². The van der Waals surface area contributed by atoms with Crippen molar-refractivity contribution in [2.24, 2.45) is 0 Å². The third-order valence-electron chi connectivity index (χ3n) is 2.38. The smallest absolute Gasteiger partial charge is 0.313 e. The zero-order chi connectivity index (χ0) is 14.7. The highest BCUT2D eigenvalue weighted by Crippen LogP contribution is 2.27. The lowest BCUT2D eigenvalue weighted by Crippen LogP contribution is -2.00. The maximum absolute atomic E-state index is 13.0. The summed E-state index contributed by atoms with van der Waals surface area (Å²) in [7, 11) is 0. The van der Waals surface area contributed by atoms with Crippen molar-refractivity contribution in [2.75, 3.05) is 5.32 Å². The highest BCUT2D eigenvalue weighted by atomic mass is 35.5. The van der Waals surface area contributed by atoms with Crippen molar-refractivity contribution >= 4 is 28.8 Å². The normalized spacial score (nSPS) is 9.85. The number of nitriles is 1. The summed E-state index contributed by atoms with van der Waals surface area (Å²) in [5.74, 6) is -0.656. The molecule has 0 spiro atoms. The Bertz CT molecular complexity index is 730. The first-order valence-electron chi connectivity index (χ1n) is 5.28. The molecule has 1 N–H and O–H groups in total. The number of nitrogens with zero attached hydrogens (tertiary/aromatic N) is 3. The molecule has 0 saturated carbocycles. The molecule has 2 rings (SSSR count). The van der Waals surface area contributed by atoms with Gasteiger partial charge in [-0.1, -0.05) is 11.6 Å². The minimum absolute atomic E-state index is 0.0586. The number of pyridine rings is 1. The molecule has 0 radical (unpaired) electrons. The molecule has 0 bridgehead atoms. The van der Waals surface area contributed by atoms with E-state index in [-0.39, 0.29) is 22.1 Å². The fourth-order valence-corrected chi connectivity index (χ4v) is 1.64. The van der Waals surface area contributed by atoms with E-state index in [0.29, 0.717) is 5.69 Å². The predicted octanol–water partition coefficient (Wildman–Crippen LogP) is 3.40. The third-order valence-corrected chi connectivity index (χ3v) is 2.67. The van der Waals surface area contributed by atoms with E-state index in [1.807, 2.05) is 0 Å². The molecule has 0 unspecified atom stereocenters. The molecule has 0 aliphatic rings. The summed E-state index contributed by atoms with van der Waals surface area (Å²) in [6.45, 7) is 0. The molecule has 0 atom stereocenters. The molecule has 0 aliphatic heterocycles. The Morgan fingerprint density at radius 3 is 2.80 bits per heavy atom. The van der Waals surface area contributed by atoms with Gasteiger partial charge in [0.25, 0.3) is 0 Å². The maximum Gasteiger partial charge on any atom is 0.313 e. The topological polar surface area (TPSA) is 91.8 Å². The second kappa shape index (κ2) is 5.50. The Labute approximate surface area is 117 Å². The van der Waals surface area contributed by atoms with Crippen molar-refractivity contribution in [2.45, 2.75) is 0 Å². The molecule has 1 aromatic carbocycles. The van der Waals surface area contributed by atoms with Gasteiger partial charge in [0.1, 0.15) is 11.9 Å². The molecule has 0 aliphatic carbocycles. The van der Waals surface area contributed by atoms with Gasteiger partial charge in [-0.05, 0) is 18.2 Å². The van der Waals surface area contributed by atoms with Crippen molar-refractivity contribution in [1.82, 2.24) is 4.98 Å². The predicted molar refractivity (Wildman–Crippen MR) is 70.3 cm³/mol. The van der Waals surface area contributed by atoms with Gasteiger partial charge in [-0.3, -0.25) is 10.1 Å².